The molecule has 0 saturated carbocycles. The lowest BCUT2D eigenvalue weighted by Gasteiger charge is -2.35. The molecule has 4 aromatic rings. The molecular formula is C34H36Cl2N10O8. The van der Waals surface area contributed by atoms with Gasteiger partial charge in [-0.3, -0.25) is 19.4 Å². The van der Waals surface area contributed by atoms with Crippen LogP contribution in [0, 0.1) is 0 Å². The van der Waals surface area contributed by atoms with Crippen molar-refractivity contribution in [1.29, 1.82) is 0 Å². The van der Waals surface area contributed by atoms with E-state index in [9.17, 15) is 24.0 Å². The van der Waals surface area contributed by atoms with E-state index in [2.05, 4.69) is 30.8 Å². The van der Waals surface area contributed by atoms with E-state index >= 15 is 0 Å². The molecule has 0 unspecified atom stereocenters. The van der Waals surface area contributed by atoms with Crippen LogP contribution in [0.3, 0.4) is 0 Å². The predicted octanol–water partition coefficient (Wildman–Crippen LogP) is 5.45. The molecule has 6 heterocycles. The summed E-state index contributed by atoms with van der Waals surface area (Å²) in [5, 5.41) is 13.3. The summed E-state index contributed by atoms with van der Waals surface area (Å²) in [5.41, 5.74) is -1.56. The standard InChI is InChI=1S/C34H36Cl2N10O8/c1-7-52-31(50)45-23-18(16-43(29(35)49)33(23,3)4)25(41-45)40-28(48)21-13-11-14-22(38-21)54-30(36)44-17-19-24(34(44,5)6)46(32(51)53-8-2)42-26(19)39-27(47)20-12-9-10-15-37-20/h9-15,30H,7-8,16-17H2,1-6H3,(H,39,42,47)(H,40,41,48)/t30-/m1/s1. The first kappa shape index (κ1) is 38.1. The average Bonchev–Trinajstić information content (AvgIpc) is 3.83. The van der Waals surface area contributed by atoms with Crippen LogP contribution in [0.25, 0.3) is 0 Å². The Morgan fingerprint density at radius 2 is 1.35 bits per heavy atom. The number of nitrogens with one attached hydrogen (secondary N) is 2. The van der Waals surface area contributed by atoms with Gasteiger partial charge in [-0.1, -0.05) is 23.7 Å². The molecule has 0 fully saturated rings. The molecule has 284 valence electrons. The van der Waals surface area contributed by atoms with Crippen LogP contribution < -0.4 is 15.4 Å². The van der Waals surface area contributed by atoms with E-state index < -0.39 is 46.1 Å². The molecule has 2 aliphatic heterocycles. The summed E-state index contributed by atoms with van der Waals surface area (Å²) < 4.78 is 18.5. The summed E-state index contributed by atoms with van der Waals surface area (Å²) in [6.07, 6.45) is -0.0657. The topological polar surface area (TPSA) is 205 Å². The largest absolute Gasteiger partial charge is 0.448 e. The lowest BCUT2D eigenvalue weighted by molar-refractivity contribution is 0.00893. The minimum Gasteiger partial charge on any atom is -0.448 e. The molecule has 0 saturated heterocycles. The van der Waals surface area contributed by atoms with Gasteiger partial charge in [0.1, 0.15) is 11.4 Å². The van der Waals surface area contributed by atoms with E-state index in [1.807, 2.05) is 0 Å². The minimum absolute atomic E-state index is 0.0121. The van der Waals surface area contributed by atoms with Gasteiger partial charge in [-0.15, -0.1) is 10.2 Å². The van der Waals surface area contributed by atoms with Gasteiger partial charge < -0.3 is 29.7 Å². The van der Waals surface area contributed by atoms with Crippen LogP contribution in [0.2, 0.25) is 0 Å². The molecule has 0 spiro atoms. The van der Waals surface area contributed by atoms with Gasteiger partial charge >= 0.3 is 17.6 Å². The highest BCUT2D eigenvalue weighted by molar-refractivity contribution is 6.62. The number of nitrogens with zero attached hydrogens (tertiary/aromatic N) is 8. The number of amides is 3. The lowest BCUT2D eigenvalue weighted by Crippen LogP contribution is -2.45. The van der Waals surface area contributed by atoms with Crippen molar-refractivity contribution in [1.82, 2.24) is 39.3 Å². The molecule has 0 radical (unpaired) electrons. The zero-order valence-electron chi connectivity index (χ0n) is 30.0. The highest BCUT2D eigenvalue weighted by Gasteiger charge is 2.49. The third kappa shape index (κ3) is 6.83. The fraction of sp³-hybridized carbons (Fsp3) is 0.382. The maximum atomic E-state index is 13.6. The molecule has 20 heteroatoms. The number of carbonyl (C=O) groups is 5. The Kier molecular flexibility index (Phi) is 10.4. The fourth-order valence-corrected chi connectivity index (χ4v) is 7.17. The molecular weight excluding hydrogens is 747 g/mol. The quantitative estimate of drug-likeness (QED) is 0.123. The first-order valence-corrected chi connectivity index (χ1v) is 17.6. The number of fused-ring (bicyclic) bond motifs is 2. The zero-order chi connectivity index (χ0) is 39.1. The van der Waals surface area contributed by atoms with Gasteiger partial charge in [0.15, 0.2) is 11.6 Å². The van der Waals surface area contributed by atoms with Gasteiger partial charge in [0.05, 0.1) is 42.2 Å². The lowest BCUT2D eigenvalue weighted by atomic mass is 10.0. The van der Waals surface area contributed by atoms with Crippen molar-refractivity contribution < 1.29 is 38.2 Å². The maximum Gasteiger partial charge on any atom is 0.435 e. The van der Waals surface area contributed by atoms with Crippen molar-refractivity contribution in [2.45, 2.75) is 71.4 Å². The molecule has 18 nitrogen and oxygen atoms in total. The van der Waals surface area contributed by atoms with Crippen LogP contribution in [-0.2, 0) is 33.6 Å². The highest BCUT2D eigenvalue weighted by Crippen LogP contribution is 2.45. The van der Waals surface area contributed by atoms with Crippen LogP contribution in [0.1, 0.15) is 85.0 Å². The number of hydrogen-bond donors (Lipinski definition) is 2. The Morgan fingerprint density at radius 3 is 1.91 bits per heavy atom. The van der Waals surface area contributed by atoms with Crippen molar-refractivity contribution in [3.8, 4) is 5.88 Å². The van der Waals surface area contributed by atoms with Crippen molar-refractivity contribution in [2.75, 3.05) is 23.8 Å². The van der Waals surface area contributed by atoms with Gasteiger partial charge in [0, 0.05) is 29.9 Å². The molecule has 1 atom stereocenters. The van der Waals surface area contributed by atoms with Gasteiger partial charge in [0.2, 0.25) is 11.6 Å². The maximum absolute atomic E-state index is 13.6. The third-order valence-electron chi connectivity index (χ3n) is 9.04. The van der Waals surface area contributed by atoms with Gasteiger partial charge in [-0.05, 0) is 71.3 Å². The number of ether oxygens (including phenoxy) is 3. The second-order valence-electron chi connectivity index (χ2n) is 13.1. The molecule has 6 rings (SSSR count). The van der Waals surface area contributed by atoms with Crippen molar-refractivity contribution in [3.05, 3.63) is 76.5 Å². The number of carbonyl (C=O) groups excluding carboxylic acids is 5. The average molecular weight is 784 g/mol. The molecule has 0 aliphatic carbocycles. The van der Waals surface area contributed by atoms with Crippen LogP contribution in [0.4, 0.5) is 26.0 Å². The van der Waals surface area contributed by atoms with Gasteiger partial charge in [0.25, 0.3) is 11.8 Å². The SMILES string of the molecule is CCOC(=O)n1nc(NC(=O)c2cccc(O[C@H](Cl)N3Cc4c(NC(=O)c5ccccn5)nn(C(=O)OCC)c4C3(C)C)n2)c2c1C(C)(C)N(C(=O)Cl)C2. The summed E-state index contributed by atoms with van der Waals surface area (Å²) in [6, 6.07) is 9.36. The first-order chi connectivity index (χ1) is 25.6. The number of hydrogen-bond acceptors (Lipinski definition) is 13. The molecule has 54 heavy (non-hydrogen) atoms. The van der Waals surface area contributed by atoms with Crippen LogP contribution >= 0.6 is 23.2 Å². The Labute approximate surface area is 318 Å². The Balaban J connectivity index is 1.23. The van der Waals surface area contributed by atoms with E-state index in [-0.39, 0.29) is 55.2 Å². The highest BCUT2D eigenvalue weighted by atomic mass is 35.5. The van der Waals surface area contributed by atoms with Crippen LogP contribution in [0.15, 0.2) is 42.6 Å². The van der Waals surface area contributed by atoms with Gasteiger partial charge in [-0.2, -0.15) is 9.36 Å². The third-order valence-corrected chi connectivity index (χ3v) is 9.57. The molecule has 3 amide bonds. The number of pyridine rings is 2. The van der Waals surface area contributed by atoms with E-state index in [0.29, 0.717) is 22.5 Å². The molecule has 4 aromatic heterocycles. The van der Waals surface area contributed by atoms with Crippen molar-refractivity contribution in [2.24, 2.45) is 0 Å². The summed E-state index contributed by atoms with van der Waals surface area (Å²) in [7, 11) is 0. The number of rotatable bonds is 9. The van der Waals surface area contributed by atoms with E-state index in [1.165, 1.54) is 29.3 Å². The molecule has 2 aliphatic rings. The number of aromatic nitrogens is 6. The second-order valence-corrected chi connectivity index (χ2v) is 13.7. The smallest absolute Gasteiger partial charge is 0.435 e. The Morgan fingerprint density at radius 1 is 0.796 bits per heavy atom. The fourth-order valence-electron chi connectivity index (χ4n) is 6.50. The minimum atomic E-state index is -1.21. The first-order valence-electron chi connectivity index (χ1n) is 16.7. The van der Waals surface area contributed by atoms with Gasteiger partial charge in [-0.25, -0.2) is 19.5 Å². The number of anilines is 2. The summed E-state index contributed by atoms with van der Waals surface area (Å²) >= 11 is 12.7. The molecule has 2 N–H and O–H groups in total. The number of alkyl halides is 1. The monoisotopic (exact) mass is 782 g/mol. The summed E-state index contributed by atoms with van der Waals surface area (Å²) in [6.45, 7) is 10.5. The number of halogens is 2. The molecule has 0 aromatic carbocycles. The Bertz CT molecular complexity index is 2150. The van der Waals surface area contributed by atoms with Crippen molar-refractivity contribution in [3.63, 3.8) is 0 Å². The van der Waals surface area contributed by atoms with Crippen LogP contribution in [0.5, 0.6) is 5.88 Å². The predicted molar refractivity (Wildman–Crippen MR) is 192 cm³/mol. The van der Waals surface area contributed by atoms with Crippen LogP contribution in [-0.4, -0.2) is 87.6 Å². The molecule has 0 bridgehead atoms. The Hall–Kier alpha value is -5.59. The summed E-state index contributed by atoms with van der Waals surface area (Å²) in [4.78, 5) is 76.2. The zero-order valence-corrected chi connectivity index (χ0v) is 31.6. The normalized spacial score (nSPS) is 15.9. The van der Waals surface area contributed by atoms with E-state index in [1.54, 1.807) is 64.6 Å². The summed E-state index contributed by atoms with van der Waals surface area (Å²) in [5.74, 6) is -1.13. The second kappa shape index (κ2) is 14.7. The van der Waals surface area contributed by atoms with Crippen molar-refractivity contribution >= 4 is 64.2 Å². The van der Waals surface area contributed by atoms with E-state index in [0.717, 1.165) is 9.36 Å². The van der Waals surface area contributed by atoms with E-state index in [4.69, 9.17) is 37.4 Å².